The van der Waals surface area contributed by atoms with E-state index in [2.05, 4.69) is 15.3 Å². The summed E-state index contributed by atoms with van der Waals surface area (Å²) in [5.41, 5.74) is 3.83. The summed E-state index contributed by atoms with van der Waals surface area (Å²) in [5, 5.41) is 2.90. The lowest BCUT2D eigenvalue weighted by atomic mass is 9.86. The molecule has 2 aromatic heterocycles. The number of hydrogen-bond donors (Lipinski definition) is 1. The molecular weight excluding hydrogens is 278 g/mol. The fraction of sp³-hybridized carbons (Fsp3) is 0.235. The number of rotatable bonds is 2. The Morgan fingerprint density at radius 3 is 2.77 bits per heavy atom. The molecule has 5 nitrogen and oxygen atoms in total. The quantitative estimate of drug-likeness (QED) is 0.788. The highest BCUT2D eigenvalue weighted by molar-refractivity contribution is 6.07. The number of aromatic nitrogens is 2. The standard InChI is InChI=1S/C17H15N3O2/c1-17(2)11-8-13-14(9-12(11)20-16(17)21)22-15(19-13)7-10-3-5-18-6-4-10/h3-6,8-9H,7H2,1-2H3,(H,20,21). The van der Waals surface area contributed by atoms with E-state index in [9.17, 15) is 4.79 Å². The zero-order chi connectivity index (χ0) is 15.3. The van der Waals surface area contributed by atoms with Gasteiger partial charge in [0.1, 0.15) is 5.52 Å². The Morgan fingerprint density at radius 1 is 1.23 bits per heavy atom. The molecule has 22 heavy (non-hydrogen) atoms. The maximum atomic E-state index is 12.0. The van der Waals surface area contributed by atoms with Crippen molar-refractivity contribution in [1.82, 2.24) is 9.97 Å². The van der Waals surface area contributed by atoms with Gasteiger partial charge in [0, 0.05) is 30.6 Å². The van der Waals surface area contributed by atoms with Gasteiger partial charge in [0.25, 0.3) is 0 Å². The summed E-state index contributed by atoms with van der Waals surface area (Å²) in [4.78, 5) is 20.5. The number of oxazole rings is 1. The van der Waals surface area contributed by atoms with E-state index in [-0.39, 0.29) is 5.91 Å². The Bertz CT molecular complexity index is 882. The van der Waals surface area contributed by atoms with Crippen molar-refractivity contribution < 1.29 is 9.21 Å². The average molecular weight is 293 g/mol. The fourth-order valence-electron chi connectivity index (χ4n) is 2.79. The van der Waals surface area contributed by atoms with E-state index in [0.29, 0.717) is 17.9 Å². The van der Waals surface area contributed by atoms with E-state index in [0.717, 1.165) is 22.3 Å². The molecule has 1 aromatic carbocycles. The van der Waals surface area contributed by atoms with Gasteiger partial charge >= 0.3 is 0 Å². The highest BCUT2D eigenvalue weighted by atomic mass is 16.3. The largest absolute Gasteiger partial charge is 0.440 e. The number of nitrogens with zero attached hydrogens (tertiary/aromatic N) is 2. The van der Waals surface area contributed by atoms with Gasteiger partial charge in [-0.15, -0.1) is 0 Å². The van der Waals surface area contributed by atoms with Crippen LogP contribution in [-0.2, 0) is 16.6 Å². The molecule has 0 spiro atoms. The van der Waals surface area contributed by atoms with Crippen molar-refractivity contribution in [2.24, 2.45) is 0 Å². The van der Waals surface area contributed by atoms with Gasteiger partial charge in [0.05, 0.1) is 5.41 Å². The van der Waals surface area contributed by atoms with Crippen molar-refractivity contribution in [3.63, 3.8) is 0 Å². The molecule has 5 heteroatoms. The number of carbonyl (C=O) groups is 1. The van der Waals surface area contributed by atoms with Crippen LogP contribution in [0.2, 0.25) is 0 Å². The summed E-state index contributed by atoms with van der Waals surface area (Å²) >= 11 is 0. The van der Waals surface area contributed by atoms with Gasteiger partial charge in [-0.3, -0.25) is 9.78 Å². The summed E-state index contributed by atoms with van der Waals surface area (Å²) in [7, 11) is 0. The lowest BCUT2D eigenvalue weighted by Gasteiger charge is -2.14. The molecular formula is C17H15N3O2. The molecule has 0 fully saturated rings. The minimum absolute atomic E-state index is 0.00663. The van der Waals surface area contributed by atoms with Crippen LogP contribution in [0.25, 0.3) is 11.1 Å². The third kappa shape index (κ3) is 1.89. The van der Waals surface area contributed by atoms with Crippen LogP contribution < -0.4 is 5.32 Å². The van der Waals surface area contributed by atoms with Crippen LogP contribution in [0.3, 0.4) is 0 Å². The van der Waals surface area contributed by atoms with E-state index in [1.165, 1.54) is 0 Å². The van der Waals surface area contributed by atoms with Crippen LogP contribution >= 0.6 is 0 Å². The Kier molecular flexibility index (Phi) is 2.60. The molecule has 0 unspecified atom stereocenters. The molecule has 3 aromatic rings. The molecule has 0 aliphatic carbocycles. The maximum absolute atomic E-state index is 12.0. The first-order valence-electron chi connectivity index (χ1n) is 7.18. The molecule has 1 N–H and O–H groups in total. The lowest BCUT2D eigenvalue weighted by molar-refractivity contribution is -0.119. The topological polar surface area (TPSA) is 68.0 Å². The molecule has 1 aliphatic heterocycles. The summed E-state index contributed by atoms with van der Waals surface area (Å²) in [5.74, 6) is 0.668. The Morgan fingerprint density at radius 2 is 2.00 bits per heavy atom. The maximum Gasteiger partial charge on any atom is 0.234 e. The van der Waals surface area contributed by atoms with Crippen LogP contribution in [0.5, 0.6) is 0 Å². The molecule has 1 amide bonds. The molecule has 1 aliphatic rings. The second-order valence-corrected chi connectivity index (χ2v) is 6.08. The zero-order valence-corrected chi connectivity index (χ0v) is 12.4. The van der Waals surface area contributed by atoms with Gasteiger partial charge in [-0.2, -0.15) is 0 Å². The predicted octanol–water partition coefficient (Wildman–Crippen LogP) is 3.04. The second kappa shape index (κ2) is 4.40. The van der Waals surface area contributed by atoms with E-state index in [4.69, 9.17) is 4.42 Å². The van der Waals surface area contributed by atoms with E-state index in [1.807, 2.05) is 38.1 Å². The van der Waals surface area contributed by atoms with E-state index in [1.54, 1.807) is 12.4 Å². The highest BCUT2D eigenvalue weighted by Crippen LogP contribution is 2.39. The van der Waals surface area contributed by atoms with Gasteiger partial charge < -0.3 is 9.73 Å². The second-order valence-electron chi connectivity index (χ2n) is 6.08. The SMILES string of the molecule is CC1(C)C(=O)Nc2cc3oc(Cc4ccncc4)nc3cc21. The van der Waals surface area contributed by atoms with Gasteiger partial charge in [-0.25, -0.2) is 4.98 Å². The molecule has 0 saturated carbocycles. The number of hydrogen-bond acceptors (Lipinski definition) is 4. The number of pyridine rings is 1. The lowest BCUT2D eigenvalue weighted by Crippen LogP contribution is -2.26. The third-order valence-electron chi connectivity index (χ3n) is 4.17. The molecule has 0 radical (unpaired) electrons. The first-order valence-corrected chi connectivity index (χ1v) is 7.18. The first kappa shape index (κ1) is 13.0. The smallest absolute Gasteiger partial charge is 0.234 e. The van der Waals surface area contributed by atoms with Crippen LogP contribution in [-0.4, -0.2) is 15.9 Å². The third-order valence-corrected chi connectivity index (χ3v) is 4.17. The molecule has 0 saturated heterocycles. The number of anilines is 1. The van der Waals surface area contributed by atoms with Gasteiger partial charge in [-0.05, 0) is 43.2 Å². The molecule has 4 rings (SSSR count). The number of amides is 1. The average Bonchev–Trinajstić information content (AvgIpc) is 2.97. The van der Waals surface area contributed by atoms with Crippen molar-refractivity contribution in [3.8, 4) is 0 Å². The molecule has 110 valence electrons. The van der Waals surface area contributed by atoms with Crippen molar-refractivity contribution >= 4 is 22.7 Å². The molecule has 0 atom stereocenters. The monoisotopic (exact) mass is 293 g/mol. The van der Waals surface area contributed by atoms with Gasteiger partial charge in [-0.1, -0.05) is 0 Å². The van der Waals surface area contributed by atoms with Crippen molar-refractivity contribution in [2.75, 3.05) is 5.32 Å². The predicted molar refractivity (Wildman–Crippen MR) is 82.7 cm³/mol. The Balaban J connectivity index is 1.76. The summed E-state index contributed by atoms with van der Waals surface area (Å²) in [6.45, 7) is 3.83. The normalized spacial score (nSPS) is 15.8. The number of nitrogens with one attached hydrogen (secondary N) is 1. The minimum Gasteiger partial charge on any atom is -0.440 e. The van der Waals surface area contributed by atoms with Gasteiger partial charge in [0.2, 0.25) is 5.91 Å². The van der Waals surface area contributed by atoms with Crippen LogP contribution in [0.1, 0.15) is 30.9 Å². The number of benzene rings is 1. The summed E-state index contributed by atoms with van der Waals surface area (Å²) < 4.78 is 5.82. The zero-order valence-electron chi connectivity index (χ0n) is 12.4. The summed E-state index contributed by atoms with van der Waals surface area (Å²) in [6, 6.07) is 7.69. The van der Waals surface area contributed by atoms with Gasteiger partial charge in [0.15, 0.2) is 11.5 Å². The van der Waals surface area contributed by atoms with Crippen molar-refractivity contribution in [2.45, 2.75) is 25.7 Å². The first-order chi connectivity index (χ1) is 10.5. The summed E-state index contributed by atoms with van der Waals surface area (Å²) in [6.07, 6.45) is 4.13. The van der Waals surface area contributed by atoms with E-state index >= 15 is 0 Å². The van der Waals surface area contributed by atoms with Crippen LogP contribution in [0.4, 0.5) is 5.69 Å². The van der Waals surface area contributed by atoms with Crippen molar-refractivity contribution in [1.29, 1.82) is 0 Å². The van der Waals surface area contributed by atoms with Crippen molar-refractivity contribution in [3.05, 3.63) is 53.7 Å². The Labute approximate surface area is 127 Å². The number of fused-ring (bicyclic) bond motifs is 2. The Hall–Kier alpha value is -2.69. The van der Waals surface area contributed by atoms with Crippen LogP contribution in [0.15, 0.2) is 41.1 Å². The van der Waals surface area contributed by atoms with Crippen LogP contribution in [0, 0.1) is 0 Å². The number of carbonyl (C=O) groups excluding carboxylic acids is 1. The minimum atomic E-state index is -0.534. The fourth-order valence-corrected chi connectivity index (χ4v) is 2.79. The molecule has 3 heterocycles. The highest BCUT2D eigenvalue weighted by Gasteiger charge is 2.38. The van der Waals surface area contributed by atoms with E-state index < -0.39 is 5.41 Å². The molecule has 0 bridgehead atoms.